The number of amides is 1. The first-order valence-electron chi connectivity index (χ1n) is 10.5. The molecule has 0 unspecified atom stereocenters. The van der Waals surface area contributed by atoms with E-state index in [1.165, 1.54) is 11.1 Å². The van der Waals surface area contributed by atoms with Crippen molar-refractivity contribution < 1.29 is 9.53 Å². The molecule has 6 nitrogen and oxygen atoms in total. The number of hydrogen-bond donors (Lipinski definition) is 1. The highest BCUT2D eigenvalue weighted by atomic mass is 16.5. The van der Waals surface area contributed by atoms with Crippen LogP contribution in [0.5, 0.6) is 5.75 Å². The van der Waals surface area contributed by atoms with Crippen LogP contribution < -0.4 is 10.6 Å². The lowest BCUT2D eigenvalue weighted by molar-refractivity contribution is -0.136. The van der Waals surface area contributed by atoms with Crippen molar-refractivity contribution in [2.24, 2.45) is 10.8 Å². The number of nitrogens with two attached hydrogens (primary N) is 1. The van der Waals surface area contributed by atoms with Gasteiger partial charge in [0.1, 0.15) is 11.6 Å². The number of hydrogen-bond acceptors (Lipinski definition) is 5. The van der Waals surface area contributed by atoms with Crippen LogP contribution in [-0.2, 0) is 11.2 Å². The lowest BCUT2D eigenvalue weighted by Gasteiger charge is -2.30. The maximum absolute atomic E-state index is 12.4. The first-order chi connectivity index (χ1) is 14.3. The quantitative estimate of drug-likeness (QED) is 0.681. The van der Waals surface area contributed by atoms with E-state index in [-0.39, 0.29) is 24.6 Å². The highest BCUT2D eigenvalue weighted by molar-refractivity contribution is 5.99. The molecule has 0 aromatic heterocycles. The van der Waals surface area contributed by atoms with E-state index in [4.69, 9.17) is 10.6 Å². The fourth-order valence-corrected chi connectivity index (χ4v) is 3.82. The molecule has 30 heavy (non-hydrogen) atoms. The van der Waals surface area contributed by atoms with Gasteiger partial charge in [0.05, 0.1) is 13.1 Å². The SMILES string of the molecule is CC(C)N(C(=O)COc1ccc(Cc2ccc(C3=NCCN3N)cc2)cc1)C(C)C. The first-order valence-corrected chi connectivity index (χ1v) is 10.5. The second-order valence-corrected chi connectivity index (χ2v) is 8.19. The molecule has 2 N–H and O–H groups in total. The maximum atomic E-state index is 12.4. The molecule has 0 fully saturated rings. The number of nitrogens with zero attached hydrogens (tertiary/aromatic N) is 3. The van der Waals surface area contributed by atoms with Crippen LogP contribution in [0.25, 0.3) is 0 Å². The minimum atomic E-state index is 0.00655. The van der Waals surface area contributed by atoms with Crippen LogP contribution in [-0.4, -0.2) is 53.4 Å². The minimum absolute atomic E-state index is 0.00655. The van der Waals surface area contributed by atoms with Gasteiger partial charge >= 0.3 is 0 Å². The van der Waals surface area contributed by atoms with Crippen LogP contribution >= 0.6 is 0 Å². The molecule has 1 aliphatic heterocycles. The Balaban J connectivity index is 1.55. The van der Waals surface area contributed by atoms with E-state index < -0.39 is 0 Å². The minimum Gasteiger partial charge on any atom is -0.484 e. The Bertz CT molecular complexity index is 865. The summed E-state index contributed by atoms with van der Waals surface area (Å²) >= 11 is 0. The third-order valence-corrected chi connectivity index (χ3v) is 5.18. The molecule has 6 heteroatoms. The van der Waals surface area contributed by atoms with Crippen molar-refractivity contribution in [2.75, 3.05) is 19.7 Å². The molecular formula is C24H32N4O2. The van der Waals surface area contributed by atoms with Crippen LogP contribution in [0.4, 0.5) is 0 Å². The summed E-state index contributed by atoms with van der Waals surface area (Å²) in [6.45, 7) is 9.65. The Morgan fingerprint density at radius 1 is 1.03 bits per heavy atom. The normalized spacial score (nSPS) is 13.7. The molecular weight excluding hydrogens is 376 g/mol. The van der Waals surface area contributed by atoms with Crippen LogP contribution in [0.15, 0.2) is 53.5 Å². The molecule has 0 atom stereocenters. The summed E-state index contributed by atoms with van der Waals surface area (Å²) in [4.78, 5) is 18.7. The van der Waals surface area contributed by atoms with Gasteiger partial charge < -0.3 is 9.64 Å². The fraction of sp³-hybridized carbons (Fsp3) is 0.417. The molecule has 2 aromatic carbocycles. The van der Waals surface area contributed by atoms with Crippen molar-refractivity contribution in [1.82, 2.24) is 9.91 Å². The molecule has 0 spiro atoms. The van der Waals surface area contributed by atoms with Crippen molar-refractivity contribution in [1.29, 1.82) is 0 Å². The monoisotopic (exact) mass is 408 g/mol. The van der Waals surface area contributed by atoms with Gasteiger partial charge in [-0.05, 0) is 57.4 Å². The molecule has 3 rings (SSSR count). The molecule has 0 saturated carbocycles. The van der Waals surface area contributed by atoms with Crippen molar-refractivity contribution in [3.8, 4) is 5.75 Å². The van der Waals surface area contributed by atoms with Gasteiger partial charge in [0, 0.05) is 17.6 Å². The van der Waals surface area contributed by atoms with Gasteiger partial charge in [-0.25, -0.2) is 5.84 Å². The fourth-order valence-electron chi connectivity index (χ4n) is 3.82. The summed E-state index contributed by atoms with van der Waals surface area (Å²) in [5, 5.41) is 1.69. The van der Waals surface area contributed by atoms with Crippen molar-refractivity contribution in [3.63, 3.8) is 0 Å². The topological polar surface area (TPSA) is 71.2 Å². The van der Waals surface area contributed by atoms with Crippen LogP contribution in [0.3, 0.4) is 0 Å². The molecule has 0 saturated heterocycles. The van der Waals surface area contributed by atoms with Crippen molar-refractivity contribution in [3.05, 3.63) is 65.2 Å². The Morgan fingerprint density at radius 2 is 1.60 bits per heavy atom. The summed E-state index contributed by atoms with van der Waals surface area (Å²) in [5.41, 5.74) is 3.45. The molecule has 0 radical (unpaired) electrons. The van der Waals surface area contributed by atoms with Gasteiger partial charge in [0.25, 0.3) is 5.91 Å². The number of carbonyl (C=O) groups is 1. The second-order valence-electron chi connectivity index (χ2n) is 8.19. The summed E-state index contributed by atoms with van der Waals surface area (Å²) < 4.78 is 5.72. The van der Waals surface area contributed by atoms with E-state index in [2.05, 4.69) is 29.3 Å². The summed E-state index contributed by atoms with van der Waals surface area (Å²) in [5.74, 6) is 7.51. The summed E-state index contributed by atoms with van der Waals surface area (Å²) in [6, 6.07) is 16.6. The number of ether oxygens (including phenoxy) is 1. The van der Waals surface area contributed by atoms with Gasteiger partial charge in [-0.3, -0.25) is 14.8 Å². The zero-order chi connectivity index (χ0) is 21.7. The van der Waals surface area contributed by atoms with E-state index in [0.29, 0.717) is 5.75 Å². The van der Waals surface area contributed by atoms with Gasteiger partial charge in [0.2, 0.25) is 0 Å². The molecule has 2 aromatic rings. The van der Waals surface area contributed by atoms with Gasteiger partial charge in [0.15, 0.2) is 6.61 Å². The van der Waals surface area contributed by atoms with Crippen LogP contribution in [0.1, 0.15) is 44.4 Å². The standard InChI is InChI=1S/C24H32N4O2/c1-17(2)28(18(3)4)23(29)16-30-22-11-7-20(8-12-22)15-19-5-9-21(10-6-19)24-26-13-14-27(24)25/h5-12,17-18H,13-16,25H2,1-4H3. The van der Waals surface area contributed by atoms with Crippen LogP contribution in [0, 0.1) is 0 Å². The lowest BCUT2D eigenvalue weighted by Crippen LogP contribution is -2.44. The number of rotatable bonds is 8. The third-order valence-electron chi connectivity index (χ3n) is 5.18. The number of hydrazine groups is 1. The molecule has 1 aliphatic rings. The zero-order valence-electron chi connectivity index (χ0n) is 18.3. The number of aliphatic imine (C=N–C) groups is 1. The predicted octanol–water partition coefficient (Wildman–Crippen LogP) is 3.24. The predicted molar refractivity (Wildman–Crippen MR) is 121 cm³/mol. The molecule has 0 aliphatic carbocycles. The highest BCUT2D eigenvalue weighted by Gasteiger charge is 2.20. The van der Waals surface area contributed by atoms with E-state index in [1.54, 1.807) is 5.01 Å². The average Bonchev–Trinajstić information content (AvgIpc) is 3.13. The highest BCUT2D eigenvalue weighted by Crippen LogP contribution is 2.17. The van der Waals surface area contributed by atoms with Gasteiger partial charge in [-0.15, -0.1) is 0 Å². The smallest absolute Gasteiger partial charge is 0.260 e. The Hall–Kier alpha value is -2.86. The van der Waals surface area contributed by atoms with Gasteiger partial charge in [-0.2, -0.15) is 0 Å². The first kappa shape index (κ1) is 21.8. The Kier molecular flexibility index (Phi) is 7.11. The second kappa shape index (κ2) is 9.76. The largest absolute Gasteiger partial charge is 0.484 e. The summed E-state index contributed by atoms with van der Waals surface area (Å²) in [6.07, 6.45) is 0.826. The van der Waals surface area contributed by atoms with Crippen molar-refractivity contribution in [2.45, 2.75) is 46.2 Å². The van der Waals surface area contributed by atoms with Crippen LogP contribution in [0.2, 0.25) is 0 Å². The number of carbonyl (C=O) groups excluding carboxylic acids is 1. The average molecular weight is 409 g/mol. The van der Waals surface area contributed by atoms with E-state index in [1.807, 2.05) is 56.9 Å². The molecule has 1 amide bonds. The number of amidine groups is 1. The number of benzene rings is 2. The van der Waals surface area contributed by atoms with E-state index in [9.17, 15) is 4.79 Å². The third kappa shape index (κ3) is 5.39. The molecule has 0 bridgehead atoms. The maximum Gasteiger partial charge on any atom is 0.260 e. The zero-order valence-corrected chi connectivity index (χ0v) is 18.3. The Morgan fingerprint density at radius 3 is 2.10 bits per heavy atom. The Labute approximate surface area is 179 Å². The molecule has 160 valence electrons. The van der Waals surface area contributed by atoms with Gasteiger partial charge in [-0.1, -0.05) is 36.4 Å². The molecule has 1 heterocycles. The van der Waals surface area contributed by atoms with E-state index in [0.717, 1.165) is 30.9 Å². The van der Waals surface area contributed by atoms with E-state index >= 15 is 0 Å². The summed E-state index contributed by atoms with van der Waals surface area (Å²) in [7, 11) is 0. The van der Waals surface area contributed by atoms with Crippen molar-refractivity contribution >= 4 is 11.7 Å². The lowest BCUT2D eigenvalue weighted by atomic mass is 10.0.